The highest BCUT2D eigenvalue weighted by Gasteiger charge is 2.12. The lowest BCUT2D eigenvalue weighted by Crippen LogP contribution is -2.07. The molecule has 1 rings (SSSR count). The Morgan fingerprint density at radius 3 is 2.82 bits per heavy atom. The highest BCUT2D eigenvalue weighted by molar-refractivity contribution is 5.69. The Bertz CT molecular complexity index is 390. The average molecular weight is 240 g/mol. The van der Waals surface area contributed by atoms with E-state index in [1.807, 2.05) is 0 Å². The maximum atomic E-state index is 13.0. The summed E-state index contributed by atoms with van der Waals surface area (Å²) in [7, 11) is 0. The predicted molar refractivity (Wildman–Crippen MR) is 62.0 cm³/mol. The van der Waals surface area contributed by atoms with E-state index in [-0.39, 0.29) is 24.6 Å². The Balaban J connectivity index is 2.54. The SMILES string of the molecule is CCOC(=O)CCC(O)c1ccc(F)c(C)c1. The summed E-state index contributed by atoms with van der Waals surface area (Å²) in [6, 6.07) is 4.43. The molecular weight excluding hydrogens is 223 g/mol. The maximum absolute atomic E-state index is 13.0. The first-order chi connectivity index (χ1) is 8.04. The van der Waals surface area contributed by atoms with Crippen molar-refractivity contribution >= 4 is 5.97 Å². The number of esters is 1. The summed E-state index contributed by atoms with van der Waals surface area (Å²) in [6.07, 6.45) is -0.325. The summed E-state index contributed by atoms with van der Waals surface area (Å²) in [6.45, 7) is 3.71. The zero-order valence-electron chi connectivity index (χ0n) is 10.1. The fraction of sp³-hybridized carbons (Fsp3) is 0.462. The van der Waals surface area contributed by atoms with Crippen LogP contribution in [0, 0.1) is 12.7 Å². The van der Waals surface area contributed by atoms with E-state index < -0.39 is 6.10 Å². The Kier molecular flexibility index (Phi) is 5.10. The predicted octanol–water partition coefficient (Wildman–Crippen LogP) is 2.51. The quantitative estimate of drug-likeness (QED) is 0.804. The minimum Gasteiger partial charge on any atom is -0.466 e. The van der Waals surface area contributed by atoms with Crippen LogP contribution in [0.4, 0.5) is 4.39 Å². The zero-order chi connectivity index (χ0) is 12.8. The van der Waals surface area contributed by atoms with Crippen LogP contribution in [-0.2, 0) is 9.53 Å². The van der Waals surface area contributed by atoms with Crippen LogP contribution in [0.25, 0.3) is 0 Å². The Labute approximate surface area is 100 Å². The largest absolute Gasteiger partial charge is 0.466 e. The lowest BCUT2D eigenvalue weighted by Gasteiger charge is -2.11. The zero-order valence-corrected chi connectivity index (χ0v) is 10.1. The number of hydrogen-bond acceptors (Lipinski definition) is 3. The van der Waals surface area contributed by atoms with Gasteiger partial charge < -0.3 is 9.84 Å². The summed E-state index contributed by atoms with van der Waals surface area (Å²) < 4.78 is 17.8. The number of benzene rings is 1. The molecule has 0 heterocycles. The standard InChI is InChI=1S/C13H17FO3/c1-3-17-13(16)7-6-12(15)10-4-5-11(14)9(2)8-10/h4-5,8,12,15H,3,6-7H2,1-2H3. The van der Waals surface area contributed by atoms with Gasteiger partial charge in [0.1, 0.15) is 5.82 Å². The van der Waals surface area contributed by atoms with Crippen molar-refractivity contribution in [2.75, 3.05) is 6.61 Å². The first kappa shape index (κ1) is 13.6. The van der Waals surface area contributed by atoms with Crippen molar-refractivity contribution in [2.45, 2.75) is 32.8 Å². The molecule has 0 aliphatic carbocycles. The fourth-order valence-electron chi connectivity index (χ4n) is 1.53. The molecule has 0 aromatic heterocycles. The highest BCUT2D eigenvalue weighted by atomic mass is 19.1. The smallest absolute Gasteiger partial charge is 0.305 e. The van der Waals surface area contributed by atoms with Gasteiger partial charge in [0, 0.05) is 6.42 Å². The summed E-state index contributed by atoms with van der Waals surface area (Å²) in [5.74, 6) is -0.628. The number of carbonyl (C=O) groups is 1. The van der Waals surface area contributed by atoms with Crippen LogP contribution in [0.1, 0.15) is 37.0 Å². The molecular formula is C13H17FO3. The number of aliphatic hydroxyl groups is 1. The van der Waals surface area contributed by atoms with Crippen molar-refractivity contribution in [3.8, 4) is 0 Å². The van der Waals surface area contributed by atoms with Gasteiger partial charge in [0.2, 0.25) is 0 Å². The lowest BCUT2D eigenvalue weighted by atomic mass is 10.0. The van der Waals surface area contributed by atoms with Crippen LogP contribution in [-0.4, -0.2) is 17.7 Å². The topological polar surface area (TPSA) is 46.5 Å². The van der Waals surface area contributed by atoms with E-state index in [4.69, 9.17) is 4.74 Å². The molecule has 0 saturated heterocycles. The molecule has 1 aromatic carbocycles. The van der Waals surface area contributed by atoms with Crippen molar-refractivity contribution in [2.24, 2.45) is 0 Å². The summed E-state index contributed by atoms with van der Waals surface area (Å²) >= 11 is 0. The Morgan fingerprint density at radius 2 is 2.24 bits per heavy atom. The first-order valence-corrected chi connectivity index (χ1v) is 5.64. The van der Waals surface area contributed by atoms with Gasteiger partial charge in [-0.3, -0.25) is 4.79 Å². The van der Waals surface area contributed by atoms with E-state index in [0.717, 1.165) is 0 Å². The Morgan fingerprint density at radius 1 is 1.53 bits per heavy atom. The third kappa shape index (κ3) is 4.15. The fourth-order valence-corrected chi connectivity index (χ4v) is 1.53. The van der Waals surface area contributed by atoms with E-state index in [0.29, 0.717) is 17.7 Å². The second kappa shape index (κ2) is 6.35. The molecule has 0 fully saturated rings. The molecule has 17 heavy (non-hydrogen) atoms. The molecule has 0 spiro atoms. The average Bonchev–Trinajstić information content (AvgIpc) is 2.30. The molecule has 0 aliphatic rings. The molecule has 1 atom stereocenters. The van der Waals surface area contributed by atoms with Gasteiger partial charge in [0.25, 0.3) is 0 Å². The van der Waals surface area contributed by atoms with Gasteiger partial charge in [-0.1, -0.05) is 12.1 Å². The highest BCUT2D eigenvalue weighted by Crippen LogP contribution is 2.20. The van der Waals surface area contributed by atoms with E-state index in [2.05, 4.69) is 0 Å². The first-order valence-electron chi connectivity index (χ1n) is 5.64. The van der Waals surface area contributed by atoms with Crippen LogP contribution in [0.5, 0.6) is 0 Å². The number of rotatable bonds is 5. The second-order valence-corrected chi connectivity index (χ2v) is 3.87. The van der Waals surface area contributed by atoms with Gasteiger partial charge in [0.05, 0.1) is 12.7 Å². The Hall–Kier alpha value is -1.42. The second-order valence-electron chi connectivity index (χ2n) is 3.87. The summed E-state index contributed by atoms with van der Waals surface area (Å²) in [5, 5.41) is 9.82. The minimum absolute atomic E-state index is 0.158. The molecule has 0 aliphatic heterocycles. The summed E-state index contributed by atoms with van der Waals surface area (Å²) in [4.78, 5) is 11.1. The van der Waals surface area contributed by atoms with Gasteiger partial charge in [0.15, 0.2) is 0 Å². The molecule has 1 N–H and O–H groups in total. The van der Waals surface area contributed by atoms with E-state index >= 15 is 0 Å². The van der Waals surface area contributed by atoms with Crippen molar-refractivity contribution in [3.63, 3.8) is 0 Å². The molecule has 0 radical (unpaired) electrons. The van der Waals surface area contributed by atoms with E-state index in [9.17, 15) is 14.3 Å². The van der Waals surface area contributed by atoms with E-state index in [1.54, 1.807) is 19.9 Å². The molecule has 4 heteroatoms. The van der Waals surface area contributed by atoms with Crippen molar-refractivity contribution in [1.29, 1.82) is 0 Å². The number of carbonyl (C=O) groups excluding carboxylic acids is 1. The number of hydrogen-bond donors (Lipinski definition) is 1. The lowest BCUT2D eigenvalue weighted by molar-refractivity contribution is -0.143. The number of halogens is 1. The number of ether oxygens (including phenoxy) is 1. The number of aliphatic hydroxyl groups excluding tert-OH is 1. The van der Waals surface area contributed by atoms with Gasteiger partial charge >= 0.3 is 5.97 Å². The van der Waals surface area contributed by atoms with Gasteiger partial charge in [-0.05, 0) is 37.5 Å². The molecule has 0 saturated carbocycles. The van der Waals surface area contributed by atoms with Gasteiger partial charge in [-0.2, -0.15) is 0 Å². The van der Waals surface area contributed by atoms with Crippen LogP contribution < -0.4 is 0 Å². The molecule has 0 amide bonds. The third-order valence-corrected chi connectivity index (χ3v) is 2.49. The maximum Gasteiger partial charge on any atom is 0.305 e. The normalized spacial score (nSPS) is 12.2. The van der Waals surface area contributed by atoms with E-state index in [1.165, 1.54) is 12.1 Å². The summed E-state index contributed by atoms with van der Waals surface area (Å²) in [5.41, 5.74) is 1.10. The third-order valence-electron chi connectivity index (χ3n) is 2.49. The molecule has 1 aromatic rings. The molecule has 1 unspecified atom stereocenters. The van der Waals surface area contributed by atoms with Gasteiger partial charge in [-0.15, -0.1) is 0 Å². The van der Waals surface area contributed by atoms with Gasteiger partial charge in [-0.25, -0.2) is 4.39 Å². The molecule has 3 nitrogen and oxygen atoms in total. The molecule has 94 valence electrons. The van der Waals surface area contributed by atoms with Crippen LogP contribution >= 0.6 is 0 Å². The monoisotopic (exact) mass is 240 g/mol. The minimum atomic E-state index is -0.765. The van der Waals surface area contributed by atoms with Crippen LogP contribution in [0.15, 0.2) is 18.2 Å². The number of aryl methyl sites for hydroxylation is 1. The van der Waals surface area contributed by atoms with Crippen molar-refractivity contribution in [3.05, 3.63) is 35.1 Å². The molecule has 0 bridgehead atoms. The van der Waals surface area contributed by atoms with Crippen molar-refractivity contribution in [1.82, 2.24) is 0 Å². The van der Waals surface area contributed by atoms with Crippen molar-refractivity contribution < 1.29 is 19.0 Å². The van der Waals surface area contributed by atoms with Crippen LogP contribution in [0.3, 0.4) is 0 Å². The van der Waals surface area contributed by atoms with Crippen LogP contribution in [0.2, 0.25) is 0 Å².